The van der Waals surface area contributed by atoms with Crippen molar-refractivity contribution in [3.05, 3.63) is 35.4 Å². The van der Waals surface area contributed by atoms with Gasteiger partial charge in [-0.25, -0.2) is 0 Å². The van der Waals surface area contributed by atoms with Gasteiger partial charge in [-0.05, 0) is 16.9 Å². The van der Waals surface area contributed by atoms with Crippen LogP contribution >= 0.6 is 0 Å². The summed E-state index contributed by atoms with van der Waals surface area (Å²) >= 11 is 0. The maximum atomic E-state index is 11.8. The van der Waals surface area contributed by atoms with Crippen LogP contribution in [0.1, 0.15) is 57.0 Å². The average Bonchev–Trinajstić information content (AvgIpc) is 2.15. The van der Waals surface area contributed by atoms with Gasteiger partial charge in [-0.15, -0.1) is 0 Å². The van der Waals surface area contributed by atoms with Crippen LogP contribution in [-0.2, 0) is 5.41 Å². The Bertz CT molecular complexity index is 352. The molecule has 0 aliphatic rings. The highest BCUT2D eigenvalue weighted by Gasteiger charge is 2.14. The van der Waals surface area contributed by atoms with Crippen LogP contribution in [0.15, 0.2) is 24.3 Å². The Kier molecular flexibility index (Phi) is 3.90. The molecule has 0 atom stereocenters. The van der Waals surface area contributed by atoms with Gasteiger partial charge >= 0.3 is 0 Å². The summed E-state index contributed by atoms with van der Waals surface area (Å²) in [6.45, 7) is 10.7. The lowest BCUT2D eigenvalue weighted by Crippen LogP contribution is -2.11. The molecule has 1 aromatic carbocycles. The molecular formula is C15H22O. The van der Waals surface area contributed by atoms with E-state index in [1.807, 2.05) is 12.1 Å². The van der Waals surface area contributed by atoms with Gasteiger partial charge in [0.15, 0.2) is 5.78 Å². The van der Waals surface area contributed by atoms with E-state index in [1.165, 1.54) is 5.56 Å². The van der Waals surface area contributed by atoms with Crippen molar-refractivity contribution in [2.75, 3.05) is 0 Å². The first-order chi connectivity index (χ1) is 7.30. The van der Waals surface area contributed by atoms with Crippen molar-refractivity contribution in [2.45, 2.75) is 46.5 Å². The number of benzene rings is 1. The Morgan fingerprint density at radius 2 is 1.62 bits per heavy atom. The zero-order valence-electron chi connectivity index (χ0n) is 11.0. The molecule has 0 saturated carbocycles. The molecule has 0 saturated heterocycles. The highest BCUT2D eigenvalue weighted by molar-refractivity contribution is 5.96. The smallest absolute Gasteiger partial charge is 0.163 e. The summed E-state index contributed by atoms with van der Waals surface area (Å²) in [5.74, 6) is 0.672. The van der Waals surface area contributed by atoms with Crippen LogP contribution in [0.4, 0.5) is 0 Å². The van der Waals surface area contributed by atoms with Crippen LogP contribution in [0.25, 0.3) is 0 Å². The summed E-state index contributed by atoms with van der Waals surface area (Å²) in [6.07, 6.45) is 0.634. The quantitative estimate of drug-likeness (QED) is 0.694. The average molecular weight is 218 g/mol. The largest absolute Gasteiger partial charge is 0.294 e. The molecule has 1 rings (SSSR count). The van der Waals surface area contributed by atoms with Gasteiger partial charge in [0.05, 0.1) is 0 Å². The molecular weight excluding hydrogens is 196 g/mol. The highest BCUT2D eigenvalue weighted by atomic mass is 16.1. The number of Topliss-reactive ketones (excluding diaryl/α,β-unsaturated/α-hetero) is 1. The van der Waals surface area contributed by atoms with E-state index in [2.05, 4.69) is 46.8 Å². The lowest BCUT2D eigenvalue weighted by molar-refractivity contribution is 0.0968. The van der Waals surface area contributed by atoms with E-state index in [0.717, 1.165) is 5.56 Å². The number of ketones is 1. The van der Waals surface area contributed by atoms with Crippen molar-refractivity contribution >= 4 is 5.78 Å². The molecule has 0 heterocycles. The number of carbonyl (C=O) groups excluding carboxylic acids is 1. The van der Waals surface area contributed by atoms with E-state index in [0.29, 0.717) is 12.3 Å². The SMILES string of the molecule is CC(C)CC(=O)c1ccc(C(C)(C)C)cc1. The first-order valence-electron chi connectivity index (χ1n) is 5.94. The fourth-order valence-electron chi connectivity index (χ4n) is 1.64. The zero-order valence-corrected chi connectivity index (χ0v) is 11.0. The molecule has 16 heavy (non-hydrogen) atoms. The first-order valence-corrected chi connectivity index (χ1v) is 5.94. The topological polar surface area (TPSA) is 17.1 Å². The molecule has 0 unspecified atom stereocenters. The van der Waals surface area contributed by atoms with Gasteiger partial charge in [-0.1, -0.05) is 58.9 Å². The van der Waals surface area contributed by atoms with Crippen molar-refractivity contribution in [2.24, 2.45) is 5.92 Å². The molecule has 0 aliphatic carbocycles. The van der Waals surface area contributed by atoms with E-state index >= 15 is 0 Å². The predicted molar refractivity (Wildman–Crippen MR) is 68.9 cm³/mol. The summed E-state index contributed by atoms with van der Waals surface area (Å²) in [5.41, 5.74) is 2.26. The van der Waals surface area contributed by atoms with Crippen molar-refractivity contribution in [1.29, 1.82) is 0 Å². The fourth-order valence-corrected chi connectivity index (χ4v) is 1.64. The summed E-state index contributed by atoms with van der Waals surface area (Å²) in [7, 11) is 0. The first kappa shape index (κ1) is 13.0. The third kappa shape index (κ3) is 3.48. The van der Waals surface area contributed by atoms with Crippen molar-refractivity contribution in [3.63, 3.8) is 0 Å². The minimum atomic E-state index is 0.152. The second kappa shape index (κ2) is 4.82. The molecule has 0 bridgehead atoms. The second-order valence-corrected chi connectivity index (χ2v) is 5.85. The number of hydrogen-bond donors (Lipinski definition) is 0. The van der Waals surface area contributed by atoms with Crippen LogP contribution in [0.2, 0.25) is 0 Å². The summed E-state index contributed by atoms with van der Waals surface area (Å²) in [4.78, 5) is 11.8. The third-order valence-electron chi connectivity index (χ3n) is 2.67. The van der Waals surface area contributed by atoms with Gasteiger partial charge in [-0.3, -0.25) is 4.79 Å². The van der Waals surface area contributed by atoms with Gasteiger partial charge in [0.1, 0.15) is 0 Å². The van der Waals surface area contributed by atoms with E-state index in [4.69, 9.17) is 0 Å². The normalized spacial score (nSPS) is 11.9. The molecule has 0 amide bonds. The molecule has 1 aromatic rings. The molecule has 1 heteroatoms. The Balaban J connectivity index is 2.83. The van der Waals surface area contributed by atoms with Crippen LogP contribution in [-0.4, -0.2) is 5.78 Å². The summed E-state index contributed by atoms with van der Waals surface area (Å²) in [6, 6.07) is 8.03. The number of rotatable bonds is 3. The number of carbonyl (C=O) groups is 1. The van der Waals surface area contributed by atoms with Crippen molar-refractivity contribution < 1.29 is 4.79 Å². The van der Waals surface area contributed by atoms with Gasteiger partial charge in [0.25, 0.3) is 0 Å². The van der Waals surface area contributed by atoms with E-state index < -0.39 is 0 Å². The maximum absolute atomic E-state index is 11.8. The van der Waals surface area contributed by atoms with Crippen LogP contribution in [0.5, 0.6) is 0 Å². The van der Waals surface area contributed by atoms with Gasteiger partial charge in [0.2, 0.25) is 0 Å². The minimum Gasteiger partial charge on any atom is -0.294 e. The Morgan fingerprint density at radius 1 is 1.12 bits per heavy atom. The monoisotopic (exact) mass is 218 g/mol. The molecule has 0 aliphatic heterocycles. The molecule has 0 radical (unpaired) electrons. The highest BCUT2D eigenvalue weighted by Crippen LogP contribution is 2.22. The standard InChI is InChI=1S/C15H22O/c1-11(2)10-14(16)12-6-8-13(9-7-12)15(3,4)5/h6-9,11H,10H2,1-5H3. The van der Waals surface area contributed by atoms with Crippen LogP contribution in [0.3, 0.4) is 0 Å². The van der Waals surface area contributed by atoms with Crippen molar-refractivity contribution in [1.82, 2.24) is 0 Å². The maximum Gasteiger partial charge on any atom is 0.163 e. The fraction of sp³-hybridized carbons (Fsp3) is 0.533. The molecule has 0 N–H and O–H groups in total. The van der Waals surface area contributed by atoms with E-state index in [-0.39, 0.29) is 11.2 Å². The zero-order chi connectivity index (χ0) is 12.3. The molecule has 0 fully saturated rings. The van der Waals surface area contributed by atoms with Crippen LogP contribution < -0.4 is 0 Å². The molecule has 0 spiro atoms. The minimum absolute atomic E-state index is 0.152. The molecule has 88 valence electrons. The molecule has 1 nitrogen and oxygen atoms in total. The Labute approximate surface area is 98.9 Å². The Morgan fingerprint density at radius 3 is 2.00 bits per heavy atom. The van der Waals surface area contributed by atoms with Gasteiger partial charge in [0, 0.05) is 12.0 Å². The summed E-state index contributed by atoms with van der Waals surface area (Å²) in [5, 5.41) is 0. The summed E-state index contributed by atoms with van der Waals surface area (Å²) < 4.78 is 0. The van der Waals surface area contributed by atoms with E-state index in [1.54, 1.807) is 0 Å². The lowest BCUT2D eigenvalue weighted by Gasteiger charge is -2.19. The van der Waals surface area contributed by atoms with Gasteiger partial charge < -0.3 is 0 Å². The van der Waals surface area contributed by atoms with E-state index in [9.17, 15) is 4.79 Å². The van der Waals surface area contributed by atoms with Crippen LogP contribution in [0, 0.1) is 5.92 Å². The van der Waals surface area contributed by atoms with Gasteiger partial charge in [-0.2, -0.15) is 0 Å². The molecule has 0 aromatic heterocycles. The van der Waals surface area contributed by atoms with Crippen molar-refractivity contribution in [3.8, 4) is 0 Å². The Hall–Kier alpha value is -1.11. The third-order valence-corrected chi connectivity index (χ3v) is 2.67. The number of hydrogen-bond acceptors (Lipinski definition) is 1. The second-order valence-electron chi connectivity index (χ2n) is 5.85. The lowest BCUT2D eigenvalue weighted by atomic mass is 9.86. The predicted octanol–water partition coefficient (Wildman–Crippen LogP) is 4.21.